The smallest absolute Gasteiger partial charge is 0.153 e. The van der Waals surface area contributed by atoms with Crippen molar-refractivity contribution >= 4 is 15.6 Å². The third kappa shape index (κ3) is 7.39. The molecule has 5 heteroatoms. The van der Waals surface area contributed by atoms with Crippen LogP contribution < -0.4 is 5.73 Å². The number of carbonyl (C=O) groups excluding carboxylic acids is 1. The maximum atomic E-state index is 11.9. The second-order valence-corrected chi connectivity index (χ2v) is 9.56. The molecule has 0 spiro atoms. The molecular formula is C15H31NO3S. The third-order valence-corrected chi connectivity index (χ3v) is 6.10. The molecule has 0 aliphatic rings. The van der Waals surface area contributed by atoms with Gasteiger partial charge in [-0.15, -0.1) is 0 Å². The number of rotatable bonds is 9. The summed E-state index contributed by atoms with van der Waals surface area (Å²) in [6.07, 6.45) is 2.29. The summed E-state index contributed by atoms with van der Waals surface area (Å²) >= 11 is 0. The zero-order chi connectivity index (χ0) is 16.0. The van der Waals surface area contributed by atoms with Crippen LogP contribution in [-0.2, 0) is 14.6 Å². The summed E-state index contributed by atoms with van der Waals surface area (Å²) in [7, 11) is -3.11. The lowest BCUT2D eigenvalue weighted by Crippen LogP contribution is -2.25. The second kappa shape index (κ2) is 8.13. The van der Waals surface area contributed by atoms with Crippen molar-refractivity contribution in [3.63, 3.8) is 0 Å². The molecule has 20 heavy (non-hydrogen) atoms. The zero-order valence-corrected chi connectivity index (χ0v) is 14.4. The van der Waals surface area contributed by atoms with Crippen LogP contribution in [0.4, 0.5) is 0 Å². The molecule has 2 N–H and O–H groups in total. The lowest BCUT2D eigenvalue weighted by Gasteiger charge is -2.30. The van der Waals surface area contributed by atoms with Crippen molar-refractivity contribution in [1.82, 2.24) is 0 Å². The number of ketones is 1. The number of hydrogen-bond acceptors (Lipinski definition) is 4. The van der Waals surface area contributed by atoms with E-state index in [0.29, 0.717) is 18.9 Å². The summed E-state index contributed by atoms with van der Waals surface area (Å²) in [5.41, 5.74) is 5.75. The van der Waals surface area contributed by atoms with Gasteiger partial charge in [-0.05, 0) is 44.6 Å². The minimum Gasteiger partial charge on any atom is -0.330 e. The Labute approximate surface area is 124 Å². The third-order valence-electron chi connectivity index (χ3n) is 3.90. The molecule has 1 atom stereocenters. The molecule has 0 aromatic heterocycles. The van der Waals surface area contributed by atoms with Crippen LogP contribution in [-0.4, -0.2) is 31.7 Å². The van der Waals surface area contributed by atoms with Crippen LogP contribution in [0.15, 0.2) is 0 Å². The summed E-state index contributed by atoms with van der Waals surface area (Å²) in [4.78, 5) is 11.9. The lowest BCUT2D eigenvalue weighted by molar-refractivity contribution is -0.119. The average molecular weight is 305 g/mol. The highest BCUT2D eigenvalue weighted by molar-refractivity contribution is 7.91. The van der Waals surface area contributed by atoms with E-state index in [-0.39, 0.29) is 23.4 Å². The number of nitrogens with two attached hydrogens (primary N) is 1. The van der Waals surface area contributed by atoms with E-state index in [2.05, 4.69) is 20.8 Å². The number of sulfone groups is 1. The molecule has 4 nitrogen and oxygen atoms in total. The van der Waals surface area contributed by atoms with E-state index in [9.17, 15) is 13.2 Å². The monoisotopic (exact) mass is 305 g/mol. The van der Waals surface area contributed by atoms with Crippen molar-refractivity contribution in [1.29, 1.82) is 0 Å². The van der Waals surface area contributed by atoms with Gasteiger partial charge in [-0.25, -0.2) is 8.42 Å². The minimum atomic E-state index is -3.11. The molecule has 0 heterocycles. The van der Waals surface area contributed by atoms with Gasteiger partial charge in [0, 0.05) is 12.8 Å². The van der Waals surface area contributed by atoms with E-state index in [0.717, 1.165) is 12.8 Å². The minimum absolute atomic E-state index is 0.0272. The summed E-state index contributed by atoms with van der Waals surface area (Å²) < 4.78 is 23.3. The molecule has 0 rings (SSSR count). The lowest BCUT2D eigenvalue weighted by atomic mass is 9.76. The van der Waals surface area contributed by atoms with E-state index < -0.39 is 15.1 Å². The summed E-state index contributed by atoms with van der Waals surface area (Å²) in [6.45, 7) is 10.4. The Hall–Kier alpha value is -0.420. The van der Waals surface area contributed by atoms with E-state index in [1.165, 1.54) is 0 Å². The first-order chi connectivity index (χ1) is 9.00. The predicted octanol–water partition coefficient (Wildman–Crippen LogP) is 2.56. The van der Waals surface area contributed by atoms with E-state index in [1.54, 1.807) is 13.8 Å². The molecule has 0 fully saturated rings. The summed E-state index contributed by atoms with van der Waals surface area (Å²) in [6, 6.07) is 0. The van der Waals surface area contributed by atoms with E-state index >= 15 is 0 Å². The van der Waals surface area contributed by atoms with Crippen LogP contribution in [0.25, 0.3) is 0 Å². The first kappa shape index (κ1) is 19.6. The molecule has 0 aromatic rings. The fraction of sp³-hybridized carbons (Fsp3) is 0.933. The van der Waals surface area contributed by atoms with Crippen LogP contribution in [0.5, 0.6) is 0 Å². The van der Waals surface area contributed by atoms with Crippen LogP contribution in [0.2, 0.25) is 0 Å². The van der Waals surface area contributed by atoms with Gasteiger partial charge in [0.25, 0.3) is 0 Å². The molecule has 120 valence electrons. The molecule has 0 saturated carbocycles. The summed E-state index contributed by atoms with van der Waals surface area (Å²) in [5.74, 6) is 0.416. The van der Waals surface area contributed by atoms with Crippen LogP contribution in [0, 0.1) is 11.3 Å². The SMILES string of the molecule is CC(C)S(=O)(=O)CCC(=O)CCC(CCN)C(C)(C)C. The normalized spacial score (nSPS) is 14.6. The topological polar surface area (TPSA) is 77.2 Å². The molecule has 0 radical (unpaired) electrons. The highest BCUT2D eigenvalue weighted by Crippen LogP contribution is 2.32. The van der Waals surface area contributed by atoms with Crippen LogP contribution in [0.1, 0.15) is 60.3 Å². The Kier molecular flexibility index (Phi) is 7.96. The Morgan fingerprint density at radius 2 is 1.65 bits per heavy atom. The molecule has 0 bridgehead atoms. The highest BCUT2D eigenvalue weighted by Gasteiger charge is 2.25. The van der Waals surface area contributed by atoms with Gasteiger partial charge in [0.05, 0.1) is 11.0 Å². The van der Waals surface area contributed by atoms with Crippen molar-refractivity contribution in [2.75, 3.05) is 12.3 Å². The van der Waals surface area contributed by atoms with E-state index in [1.807, 2.05) is 0 Å². The number of hydrogen-bond donors (Lipinski definition) is 1. The summed E-state index contributed by atoms with van der Waals surface area (Å²) in [5, 5.41) is -0.408. The maximum absolute atomic E-state index is 11.9. The first-order valence-electron chi connectivity index (χ1n) is 7.44. The number of Topliss-reactive ketones (excluding diaryl/α,β-unsaturated/α-hetero) is 1. The van der Waals surface area contributed by atoms with Crippen molar-refractivity contribution in [2.24, 2.45) is 17.1 Å². The Morgan fingerprint density at radius 1 is 1.10 bits per heavy atom. The quantitative estimate of drug-likeness (QED) is 0.710. The molecule has 1 unspecified atom stereocenters. The standard InChI is InChI=1S/C15H31NO3S/c1-12(2)20(18,19)11-9-14(17)7-6-13(8-10-16)15(3,4)5/h12-13H,6-11,16H2,1-5H3. The predicted molar refractivity (Wildman–Crippen MR) is 84.4 cm³/mol. The van der Waals surface area contributed by atoms with E-state index in [4.69, 9.17) is 5.73 Å². The van der Waals surface area contributed by atoms with Gasteiger partial charge < -0.3 is 5.73 Å². The van der Waals surface area contributed by atoms with Crippen molar-refractivity contribution in [3.05, 3.63) is 0 Å². The average Bonchev–Trinajstić information content (AvgIpc) is 2.30. The molecule has 0 aromatic carbocycles. The Morgan fingerprint density at radius 3 is 2.05 bits per heavy atom. The molecule has 0 aliphatic heterocycles. The van der Waals surface area contributed by atoms with Crippen molar-refractivity contribution < 1.29 is 13.2 Å². The molecule has 0 saturated heterocycles. The van der Waals surface area contributed by atoms with Crippen molar-refractivity contribution in [3.8, 4) is 0 Å². The van der Waals surface area contributed by atoms with Gasteiger partial charge in [-0.2, -0.15) is 0 Å². The van der Waals surface area contributed by atoms with Gasteiger partial charge in [0.2, 0.25) is 0 Å². The van der Waals surface area contributed by atoms with Crippen LogP contribution in [0.3, 0.4) is 0 Å². The second-order valence-electron chi connectivity index (χ2n) is 6.88. The number of carbonyl (C=O) groups is 1. The fourth-order valence-electron chi connectivity index (χ4n) is 2.16. The van der Waals surface area contributed by atoms with Gasteiger partial charge in [0.1, 0.15) is 5.78 Å². The Balaban J connectivity index is 4.28. The van der Waals surface area contributed by atoms with Crippen molar-refractivity contribution in [2.45, 2.75) is 65.6 Å². The maximum Gasteiger partial charge on any atom is 0.153 e. The highest BCUT2D eigenvalue weighted by atomic mass is 32.2. The van der Waals surface area contributed by atoms with Gasteiger partial charge in [0.15, 0.2) is 9.84 Å². The molecule has 0 aliphatic carbocycles. The zero-order valence-electron chi connectivity index (χ0n) is 13.6. The molecule has 0 amide bonds. The fourth-order valence-corrected chi connectivity index (χ4v) is 3.15. The van der Waals surface area contributed by atoms with Gasteiger partial charge >= 0.3 is 0 Å². The van der Waals surface area contributed by atoms with Crippen LogP contribution >= 0.6 is 0 Å². The molecular weight excluding hydrogens is 274 g/mol. The Bertz CT molecular complexity index is 394. The van der Waals surface area contributed by atoms with Gasteiger partial charge in [-0.3, -0.25) is 4.79 Å². The first-order valence-corrected chi connectivity index (χ1v) is 9.15. The van der Waals surface area contributed by atoms with Gasteiger partial charge in [-0.1, -0.05) is 20.8 Å². The largest absolute Gasteiger partial charge is 0.330 e.